The van der Waals surface area contributed by atoms with E-state index in [4.69, 9.17) is 4.74 Å². The molecule has 0 unspecified atom stereocenters. The van der Waals surface area contributed by atoms with Crippen LogP contribution in [0.25, 0.3) is 32.7 Å². The molecule has 0 saturated heterocycles. The highest BCUT2D eigenvalue weighted by Crippen LogP contribution is 2.41. The van der Waals surface area contributed by atoms with Crippen molar-refractivity contribution in [1.29, 1.82) is 0 Å². The summed E-state index contributed by atoms with van der Waals surface area (Å²) in [5.74, 6) is 0.793. The van der Waals surface area contributed by atoms with Gasteiger partial charge in [-0.25, -0.2) is 0 Å². The van der Waals surface area contributed by atoms with E-state index < -0.39 is 0 Å². The molecule has 0 radical (unpaired) electrons. The molecular weight excluding hydrogens is 308 g/mol. The van der Waals surface area contributed by atoms with E-state index in [0.29, 0.717) is 0 Å². The number of hydrogen-bond acceptors (Lipinski definition) is 2. The average molecular weight is 328 g/mol. The lowest BCUT2D eigenvalue weighted by Gasteiger charge is -2.18. The summed E-state index contributed by atoms with van der Waals surface area (Å²) in [6, 6.07) is 22.8. The van der Waals surface area contributed by atoms with Gasteiger partial charge in [-0.05, 0) is 51.2 Å². The molecular formula is C23H20O2. The molecule has 0 aromatic heterocycles. The third kappa shape index (κ3) is 2.46. The topological polar surface area (TPSA) is 29.5 Å². The van der Waals surface area contributed by atoms with Crippen LogP contribution in [0, 0.1) is 6.92 Å². The van der Waals surface area contributed by atoms with Crippen LogP contribution in [0.5, 0.6) is 5.75 Å². The second kappa shape index (κ2) is 6.23. The molecule has 0 amide bonds. The third-order valence-corrected chi connectivity index (χ3v) is 4.97. The van der Waals surface area contributed by atoms with Gasteiger partial charge in [0.15, 0.2) is 0 Å². The first-order chi connectivity index (χ1) is 12.2. The maximum atomic E-state index is 10.1. The van der Waals surface area contributed by atoms with Crippen molar-refractivity contribution in [2.24, 2.45) is 0 Å². The molecule has 0 bridgehead atoms. The van der Waals surface area contributed by atoms with Crippen LogP contribution in [0.15, 0.2) is 66.7 Å². The zero-order valence-corrected chi connectivity index (χ0v) is 14.4. The smallest absolute Gasteiger partial charge is 0.127 e. The molecule has 0 aliphatic carbocycles. The second-order valence-corrected chi connectivity index (χ2v) is 6.27. The van der Waals surface area contributed by atoms with Gasteiger partial charge in [0.05, 0.1) is 13.7 Å². The van der Waals surface area contributed by atoms with E-state index in [1.54, 1.807) is 7.11 Å². The average Bonchev–Trinajstić information content (AvgIpc) is 2.67. The molecule has 2 heteroatoms. The van der Waals surface area contributed by atoms with Crippen LogP contribution in [-0.2, 0) is 6.61 Å². The van der Waals surface area contributed by atoms with Gasteiger partial charge >= 0.3 is 0 Å². The summed E-state index contributed by atoms with van der Waals surface area (Å²) < 4.78 is 5.71. The molecule has 124 valence electrons. The van der Waals surface area contributed by atoms with E-state index in [1.165, 1.54) is 16.3 Å². The summed E-state index contributed by atoms with van der Waals surface area (Å²) in [5, 5.41) is 14.7. The molecule has 4 aromatic rings. The highest BCUT2D eigenvalue weighted by molar-refractivity contribution is 5.99. The summed E-state index contributed by atoms with van der Waals surface area (Å²) in [6.45, 7) is 2.10. The molecule has 0 heterocycles. The Balaban J connectivity index is 2.11. The van der Waals surface area contributed by atoms with Gasteiger partial charge in [-0.15, -0.1) is 0 Å². The fraction of sp³-hybridized carbons (Fsp3) is 0.130. The number of hydrogen-bond donors (Lipinski definition) is 1. The molecule has 0 spiro atoms. The van der Waals surface area contributed by atoms with Crippen molar-refractivity contribution in [3.63, 3.8) is 0 Å². The van der Waals surface area contributed by atoms with Crippen LogP contribution in [0.4, 0.5) is 0 Å². The Hall–Kier alpha value is -2.84. The fourth-order valence-electron chi connectivity index (χ4n) is 3.71. The van der Waals surface area contributed by atoms with Gasteiger partial charge in [-0.1, -0.05) is 60.7 Å². The number of fused-ring (bicyclic) bond motifs is 2. The van der Waals surface area contributed by atoms with E-state index in [-0.39, 0.29) is 6.61 Å². The minimum Gasteiger partial charge on any atom is -0.496 e. The predicted octanol–water partition coefficient (Wildman–Crippen LogP) is 5.47. The molecule has 0 aliphatic heterocycles. The van der Waals surface area contributed by atoms with E-state index >= 15 is 0 Å². The van der Waals surface area contributed by atoms with Crippen molar-refractivity contribution in [3.05, 3.63) is 77.9 Å². The zero-order valence-electron chi connectivity index (χ0n) is 14.4. The Morgan fingerprint density at radius 1 is 0.840 bits per heavy atom. The van der Waals surface area contributed by atoms with Crippen molar-refractivity contribution < 1.29 is 9.84 Å². The van der Waals surface area contributed by atoms with Crippen molar-refractivity contribution in [2.45, 2.75) is 13.5 Å². The minimum atomic E-state index is -0.0285. The Morgan fingerprint density at radius 3 is 2.24 bits per heavy atom. The van der Waals surface area contributed by atoms with Crippen molar-refractivity contribution in [1.82, 2.24) is 0 Å². The number of aliphatic hydroxyl groups excluding tert-OH is 1. The summed E-state index contributed by atoms with van der Waals surface area (Å²) in [5.41, 5.74) is 4.19. The molecule has 1 N–H and O–H groups in total. The maximum Gasteiger partial charge on any atom is 0.127 e. The Labute approximate surface area is 147 Å². The van der Waals surface area contributed by atoms with Crippen LogP contribution in [0.1, 0.15) is 11.1 Å². The van der Waals surface area contributed by atoms with E-state index in [0.717, 1.165) is 33.2 Å². The van der Waals surface area contributed by atoms with Crippen LogP contribution >= 0.6 is 0 Å². The normalized spacial score (nSPS) is 11.2. The lowest BCUT2D eigenvalue weighted by atomic mass is 9.89. The quantitative estimate of drug-likeness (QED) is 0.540. The van der Waals surface area contributed by atoms with Crippen LogP contribution in [-0.4, -0.2) is 12.2 Å². The number of aryl methyl sites for hydroxylation is 1. The van der Waals surface area contributed by atoms with Gasteiger partial charge in [0.25, 0.3) is 0 Å². The zero-order chi connectivity index (χ0) is 17.4. The molecule has 0 atom stereocenters. The van der Waals surface area contributed by atoms with Crippen LogP contribution < -0.4 is 4.74 Å². The first kappa shape index (κ1) is 15.7. The van der Waals surface area contributed by atoms with Gasteiger partial charge in [0, 0.05) is 5.56 Å². The SMILES string of the molecule is COc1cc2ccccc2c(CO)c1-c1ccc2ccccc2c1C. The number of methoxy groups -OCH3 is 1. The minimum absolute atomic E-state index is 0.0285. The van der Waals surface area contributed by atoms with Crippen molar-refractivity contribution in [3.8, 4) is 16.9 Å². The Kier molecular flexibility index (Phi) is 3.90. The predicted molar refractivity (Wildman–Crippen MR) is 104 cm³/mol. The number of benzene rings is 4. The van der Waals surface area contributed by atoms with E-state index in [2.05, 4.69) is 55.5 Å². The molecule has 0 aliphatic rings. The Bertz CT molecular complexity index is 1080. The monoisotopic (exact) mass is 328 g/mol. The largest absolute Gasteiger partial charge is 0.496 e. The van der Waals surface area contributed by atoms with Crippen LogP contribution in [0.2, 0.25) is 0 Å². The van der Waals surface area contributed by atoms with Crippen LogP contribution in [0.3, 0.4) is 0 Å². The molecule has 2 nitrogen and oxygen atoms in total. The van der Waals surface area contributed by atoms with Crippen molar-refractivity contribution in [2.75, 3.05) is 7.11 Å². The summed E-state index contributed by atoms with van der Waals surface area (Å²) >= 11 is 0. The van der Waals surface area contributed by atoms with Gasteiger partial charge in [0.1, 0.15) is 5.75 Å². The number of ether oxygens (including phenoxy) is 1. The highest BCUT2D eigenvalue weighted by Gasteiger charge is 2.17. The fourth-order valence-corrected chi connectivity index (χ4v) is 3.71. The van der Waals surface area contributed by atoms with E-state index in [9.17, 15) is 5.11 Å². The van der Waals surface area contributed by atoms with Crippen molar-refractivity contribution >= 4 is 21.5 Å². The standard InChI is InChI=1S/C23H20O2/c1-15-18-9-5-3-7-16(18)11-12-19(15)23-21(14-24)20-10-6-4-8-17(20)13-22(23)25-2/h3-13,24H,14H2,1-2H3. The first-order valence-electron chi connectivity index (χ1n) is 8.42. The summed E-state index contributed by atoms with van der Waals surface area (Å²) in [7, 11) is 1.69. The maximum absolute atomic E-state index is 10.1. The van der Waals surface area contributed by atoms with Gasteiger partial charge < -0.3 is 9.84 Å². The lowest BCUT2D eigenvalue weighted by molar-refractivity contribution is 0.283. The molecule has 4 rings (SSSR count). The highest BCUT2D eigenvalue weighted by atomic mass is 16.5. The number of rotatable bonds is 3. The first-order valence-corrected chi connectivity index (χ1v) is 8.42. The van der Waals surface area contributed by atoms with Gasteiger partial charge in [0.2, 0.25) is 0 Å². The van der Waals surface area contributed by atoms with E-state index in [1.807, 2.05) is 18.2 Å². The lowest BCUT2D eigenvalue weighted by Crippen LogP contribution is -1.98. The Morgan fingerprint density at radius 2 is 1.52 bits per heavy atom. The second-order valence-electron chi connectivity index (χ2n) is 6.27. The third-order valence-electron chi connectivity index (χ3n) is 4.97. The molecule has 4 aromatic carbocycles. The molecule has 25 heavy (non-hydrogen) atoms. The molecule has 0 fully saturated rings. The molecule has 0 saturated carbocycles. The number of aliphatic hydroxyl groups is 1. The summed E-state index contributed by atoms with van der Waals surface area (Å²) in [6.07, 6.45) is 0. The summed E-state index contributed by atoms with van der Waals surface area (Å²) in [4.78, 5) is 0. The van der Waals surface area contributed by atoms with Gasteiger partial charge in [-0.3, -0.25) is 0 Å². The van der Waals surface area contributed by atoms with Gasteiger partial charge in [-0.2, -0.15) is 0 Å².